The number of carbonyl (C=O) groups is 3. The molecule has 1 aliphatic rings. The van der Waals surface area contributed by atoms with Gasteiger partial charge in [0.15, 0.2) is 5.69 Å². The number of nitrogens with zero attached hydrogens (tertiary/aromatic N) is 5. The summed E-state index contributed by atoms with van der Waals surface area (Å²) < 4.78 is 17.6. The number of amides is 2. The zero-order valence-electron chi connectivity index (χ0n) is 25.5. The van der Waals surface area contributed by atoms with Crippen molar-refractivity contribution in [1.82, 2.24) is 24.8 Å². The molecule has 0 N–H and O–H groups in total. The minimum absolute atomic E-state index is 0.127. The van der Waals surface area contributed by atoms with Crippen LogP contribution >= 0.6 is 0 Å². The number of hydrogen-bond donors (Lipinski definition) is 0. The summed E-state index contributed by atoms with van der Waals surface area (Å²) in [5, 5.41) is 8.76. The lowest BCUT2D eigenvalue weighted by molar-refractivity contribution is -0.148. The van der Waals surface area contributed by atoms with E-state index in [0.29, 0.717) is 26.0 Å². The average Bonchev–Trinajstić information content (AvgIpc) is 3.36. The highest BCUT2D eigenvalue weighted by atomic mass is 16.6. The van der Waals surface area contributed by atoms with Crippen molar-refractivity contribution in [2.24, 2.45) is 11.8 Å². The number of aromatic nitrogens is 3. The van der Waals surface area contributed by atoms with E-state index in [1.165, 1.54) is 12.0 Å². The standard InChI is InChI=1S/C30H45N5O6/c1-21(2)18-34(24-17-22(28(37)40-7)19-33(20-24)29(38)41-30(3,4)5)27(36)26-25(15-11-12-16-39-6)35(32-31-26)23-13-9-8-10-14-23/h8-10,13-14,21-22,24H,11-12,15-20H2,1-7H3/t22-,24+/m1/s1. The Morgan fingerprint density at radius 3 is 2.39 bits per heavy atom. The van der Waals surface area contributed by atoms with E-state index in [0.717, 1.165) is 24.2 Å². The number of methoxy groups -OCH3 is 2. The van der Waals surface area contributed by atoms with Crippen LogP contribution in [0.1, 0.15) is 70.1 Å². The number of carbonyl (C=O) groups excluding carboxylic acids is 3. The first kappa shape index (κ1) is 32.0. The minimum atomic E-state index is -0.702. The fourth-order valence-electron chi connectivity index (χ4n) is 5.05. The summed E-state index contributed by atoms with van der Waals surface area (Å²) in [6.07, 6.45) is 2.04. The Balaban J connectivity index is 1.99. The number of rotatable bonds is 11. The first-order valence-corrected chi connectivity index (χ1v) is 14.3. The molecule has 0 radical (unpaired) electrons. The number of piperidine rings is 1. The van der Waals surface area contributed by atoms with Gasteiger partial charge in [-0.2, -0.15) is 0 Å². The van der Waals surface area contributed by atoms with Gasteiger partial charge in [-0.25, -0.2) is 9.48 Å². The molecular weight excluding hydrogens is 526 g/mol. The van der Waals surface area contributed by atoms with Gasteiger partial charge in [0.05, 0.1) is 30.5 Å². The fourth-order valence-corrected chi connectivity index (χ4v) is 5.05. The molecule has 0 aliphatic carbocycles. The molecule has 2 atom stereocenters. The van der Waals surface area contributed by atoms with Crippen LogP contribution in [-0.4, -0.2) is 94.9 Å². The second-order valence-electron chi connectivity index (χ2n) is 11.9. The Labute approximate surface area is 243 Å². The van der Waals surface area contributed by atoms with Crippen LogP contribution in [0.5, 0.6) is 0 Å². The van der Waals surface area contributed by atoms with Crippen LogP contribution in [0.25, 0.3) is 5.69 Å². The van der Waals surface area contributed by atoms with E-state index in [-0.39, 0.29) is 30.6 Å². The molecule has 1 aliphatic heterocycles. The lowest BCUT2D eigenvalue weighted by Gasteiger charge is -2.42. The summed E-state index contributed by atoms with van der Waals surface area (Å²) in [5.74, 6) is -1.17. The summed E-state index contributed by atoms with van der Waals surface area (Å²) in [6.45, 7) is 10.9. The highest BCUT2D eigenvalue weighted by molar-refractivity contribution is 5.94. The molecule has 2 aromatic rings. The predicted octanol–water partition coefficient (Wildman–Crippen LogP) is 4.13. The van der Waals surface area contributed by atoms with Gasteiger partial charge < -0.3 is 24.0 Å². The van der Waals surface area contributed by atoms with E-state index in [9.17, 15) is 14.4 Å². The van der Waals surface area contributed by atoms with E-state index in [1.807, 2.05) is 44.2 Å². The first-order chi connectivity index (χ1) is 19.4. The van der Waals surface area contributed by atoms with Crippen molar-refractivity contribution < 1.29 is 28.6 Å². The summed E-state index contributed by atoms with van der Waals surface area (Å²) in [6, 6.07) is 9.16. The van der Waals surface area contributed by atoms with Gasteiger partial charge in [0.2, 0.25) is 0 Å². The molecule has 11 nitrogen and oxygen atoms in total. The van der Waals surface area contributed by atoms with Crippen molar-refractivity contribution in [2.45, 2.75) is 71.9 Å². The third-order valence-electron chi connectivity index (χ3n) is 6.86. The molecule has 1 saturated heterocycles. The normalized spacial score (nSPS) is 17.4. The van der Waals surface area contributed by atoms with Crippen LogP contribution in [0.4, 0.5) is 4.79 Å². The molecule has 0 saturated carbocycles. The van der Waals surface area contributed by atoms with Crippen molar-refractivity contribution in [3.8, 4) is 5.69 Å². The third-order valence-corrected chi connectivity index (χ3v) is 6.86. The highest BCUT2D eigenvalue weighted by Crippen LogP contribution is 2.27. The molecular formula is C30H45N5O6. The lowest BCUT2D eigenvalue weighted by Crippen LogP contribution is -2.57. The zero-order valence-corrected chi connectivity index (χ0v) is 25.5. The van der Waals surface area contributed by atoms with Gasteiger partial charge in [-0.15, -0.1) is 5.10 Å². The number of unbranched alkanes of at least 4 members (excludes halogenated alkanes) is 1. The van der Waals surface area contributed by atoms with Crippen LogP contribution in [0.3, 0.4) is 0 Å². The molecule has 3 rings (SSSR count). The van der Waals surface area contributed by atoms with Crippen LogP contribution in [-0.2, 0) is 25.4 Å². The molecule has 2 amide bonds. The maximum atomic E-state index is 14.3. The minimum Gasteiger partial charge on any atom is -0.469 e. The molecule has 2 heterocycles. The maximum Gasteiger partial charge on any atom is 0.410 e. The number of likely N-dealkylation sites (tertiary alicyclic amines) is 1. The Bertz CT molecular complexity index is 1160. The van der Waals surface area contributed by atoms with Crippen molar-refractivity contribution in [3.63, 3.8) is 0 Å². The van der Waals surface area contributed by atoms with Gasteiger partial charge in [-0.1, -0.05) is 37.3 Å². The summed E-state index contributed by atoms with van der Waals surface area (Å²) in [4.78, 5) is 43.4. The molecule has 41 heavy (non-hydrogen) atoms. The van der Waals surface area contributed by atoms with Crippen molar-refractivity contribution in [1.29, 1.82) is 0 Å². The highest BCUT2D eigenvalue weighted by Gasteiger charge is 2.41. The Morgan fingerprint density at radius 2 is 1.78 bits per heavy atom. The summed E-state index contributed by atoms with van der Waals surface area (Å²) in [5.41, 5.74) is 1.10. The van der Waals surface area contributed by atoms with Crippen molar-refractivity contribution in [2.75, 3.05) is 40.5 Å². The average molecular weight is 572 g/mol. The van der Waals surface area contributed by atoms with Crippen LogP contribution in [0.2, 0.25) is 0 Å². The van der Waals surface area contributed by atoms with E-state index in [4.69, 9.17) is 14.2 Å². The molecule has 11 heteroatoms. The van der Waals surface area contributed by atoms with Gasteiger partial charge >= 0.3 is 12.1 Å². The van der Waals surface area contributed by atoms with Crippen molar-refractivity contribution in [3.05, 3.63) is 41.7 Å². The lowest BCUT2D eigenvalue weighted by atomic mass is 9.92. The van der Waals surface area contributed by atoms with Gasteiger partial charge in [-0.3, -0.25) is 9.59 Å². The molecule has 226 valence electrons. The molecule has 0 spiro atoms. The van der Waals surface area contributed by atoms with E-state index in [2.05, 4.69) is 10.3 Å². The topological polar surface area (TPSA) is 116 Å². The van der Waals surface area contributed by atoms with Crippen LogP contribution < -0.4 is 0 Å². The quantitative estimate of drug-likeness (QED) is 0.292. The number of hydrogen-bond acceptors (Lipinski definition) is 8. The Morgan fingerprint density at radius 1 is 1.07 bits per heavy atom. The fraction of sp³-hybridized carbons (Fsp3) is 0.633. The smallest absolute Gasteiger partial charge is 0.410 e. The zero-order chi connectivity index (χ0) is 30.2. The van der Waals surface area contributed by atoms with Gasteiger partial charge in [0.25, 0.3) is 5.91 Å². The van der Waals surface area contributed by atoms with Gasteiger partial charge in [0.1, 0.15) is 5.60 Å². The summed E-state index contributed by atoms with van der Waals surface area (Å²) >= 11 is 0. The SMILES string of the molecule is COCCCCc1c(C(=O)N(CC(C)C)[C@H]2C[C@@H](C(=O)OC)CN(C(=O)OC(C)(C)C)C2)nnn1-c1ccccc1. The number of ether oxygens (including phenoxy) is 3. The predicted molar refractivity (Wildman–Crippen MR) is 154 cm³/mol. The van der Waals surface area contributed by atoms with Gasteiger partial charge in [0, 0.05) is 33.4 Å². The van der Waals surface area contributed by atoms with Gasteiger partial charge in [-0.05, 0) is 64.5 Å². The van der Waals surface area contributed by atoms with Crippen LogP contribution in [0, 0.1) is 11.8 Å². The molecule has 0 unspecified atom stereocenters. The van der Waals surface area contributed by atoms with E-state index >= 15 is 0 Å². The molecule has 0 bridgehead atoms. The Hall–Kier alpha value is -3.47. The number of esters is 1. The van der Waals surface area contributed by atoms with Crippen molar-refractivity contribution >= 4 is 18.0 Å². The maximum absolute atomic E-state index is 14.3. The van der Waals surface area contributed by atoms with E-state index < -0.39 is 29.6 Å². The second-order valence-corrected chi connectivity index (χ2v) is 11.9. The largest absolute Gasteiger partial charge is 0.469 e. The van der Waals surface area contributed by atoms with E-state index in [1.54, 1.807) is 37.5 Å². The molecule has 1 aromatic heterocycles. The second kappa shape index (κ2) is 14.4. The third kappa shape index (κ3) is 8.76. The number of para-hydroxylation sites is 1. The molecule has 1 aromatic carbocycles. The Kier molecular flexibility index (Phi) is 11.3. The monoisotopic (exact) mass is 571 g/mol. The van der Waals surface area contributed by atoms with Crippen LogP contribution in [0.15, 0.2) is 30.3 Å². The molecule has 1 fully saturated rings. The number of benzene rings is 1. The summed E-state index contributed by atoms with van der Waals surface area (Å²) in [7, 11) is 3.00. The first-order valence-electron chi connectivity index (χ1n) is 14.3.